The Hall–Kier alpha value is -2.25. The molecule has 4 nitrogen and oxygen atoms in total. The van der Waals surface area contributed by atoms with Crippen LogP contribution in [0.2, 0.25) is 10.0 Å². The molecule has 136 valence electrons. The van der Waals surface area contributed by atoms with E-state index in [-0.39, 0.29) is 11.0 Å². The molecule has 0 radical (unpaired) electrons. The second-order valence-corrected chi connectivity index (χ2v) is 7.51. The number of thiazole rings is 1. The molecule has 0 atom stereocenters. The smallest absolute Gasteiger partial charge is 0.250 e. The maximum absolute atomic E-state index is 12.0. The van der Waals surface area contributed by atoms with Gasteiger partial charge in [0.1, 0.15) is 0 Å². The fraction of sp³-hybridized carbons (Fsp3) is 0. The molecule has 3 rings (SSSR count). The number of thiocarbonyl (C=S) groups is 1. The summed E-state index contributed by atoms with van der Waals surface area (Å²) in [5.41, 5.74) is 2.61. The number of rotatable bonds is 4. The third-order valence-electron chi connectivity index (χ3n) is 3.40. The average Bonchev–Trinajstić information content (AvgIpc) is 3.10. The van der Waals surface area contributed by atoms with Crippen LogP contribution in [0.1, 0.15) is 5.56 Å². The lowest BCUT2D eigenvalue weighted by atomic mass is 10.2. The van der Waals surface area contributed by atoms with Gasteiger partial charge in [0.25, 0.3) is 0 Å². The zero-order chi connectivity index (χ0) is 19.2. The number of carbonyl (C=O) groups excluding carboxylic acids is 1. The van der Waals surface area contributed by atoms with Crippen molar-refractivity contribution in [3.05, 3.63) is 75.6 Å². The standard InChI is InChI=1S/C19H13Cl2N3OS2/c20-14-6-1-12(2-7-14)3-10-17(25)23-18(26)24-19-22-16(11-27-19)13-4-8-15(21)9-5-13/h1-11H,(H2,22,23,24,25,26)/b10-3+. The van der Waals surface area contributed by atoms with Crippen LogP contribution in [0, 0.1) is 0 Å². The highest BCUT2D eigenvalue weighted by molar-refractivity contribution is 7.80. The zero-order valence-electron chi connectivity index (χ0n) is 13.8. The second kappa shape index (κ2) is 9.10. The van der Waals surface area contributed by atoms with E-state index in [0.717, 1.165) is 16.8 Å². The molecule has 0 aliphatic carbocycles. The van der Waals surface area contributed by atoms with Crippen LogP contribution >= 0.6 is 46.8 Å². The maximum Gasteiger partial charge on any atom is 0.250 e. The number of nitrogens with one attached hydrogen (secondary N) is 2. The summed E-state index contributed by atoms with van der Waals surface area (Å²) < 4.78 is 0. The summed E-state index contributed by atoms with van der Waals surface area (Å²) in [7, 11) is 0. The van der Waals surface area contributed by atoms with Crippen LogP contribution in [0.3, 0.4) is 0 Å². The first-order valence-electron chi connectivity index (χ1n) is 7.77. The molecule has 3 aromatic rings. The van der Waals surface area contributed by atoms with Crippen molar-refractivity contribution < 1.29 is 4.79 Å². The van der Waals surface area contributed by atoms with Gasteiger partial charge in [0.05, 0.1) is 5.69 Å². The Morgan fingerprint density at radius 3 is 2.33 bits per heavy atom. The quantitative estimate of drug-likeness (QED) is 0.412. The lowest BCUT2D eigenvalue weighted by molar-refractivity contribution is -0.115. The molecular formula is C19H13Cl2N3OS2. The first kappa shape index (κ1) is 19.5. The Bertz CT molecular complexity index is 983. The maximum atomic E-state index is 12.0. The summed E-state index contributed by atoms with van der Waals surface area (Å²) in [5.74, 6) is -0.336. The fourth-order valence-electron chi connectivity index (χ4n) is 2.11. The van der Waals surface area contributed by atoms with Gasteiger partial charge in [0, 0.05) is 27.1 Å². The van der Waals surface area contributed by atoms with Gasteiger partial charge in [-0.15, -0.1) is 11.3 Å². The lowest BCUT2D eigenvalue weighted by Crippen LogP contribution is -2.32. The zero-order valence-corrected chi connectivity index (χ0v) is 16.9. The van der Waals surface area contributed by atoms with Crippen LogP contribution in [-0.4, -0.2) is 16.0 Å². The van der Waals surface area contributed by atoms with Crippen molar-refractivity contribution in [3.8, 4) is 11.3 Å². The minimum Gasteiger partial charge on any atom is -0.308 e. The number of benzene rings is 2. The van der Waals surface area contributed by atoms with Gasteiger partial charge in [-0.3, -0.25) is 10.1 Å². The summed E-state index contributed by atoms with van der Waals surface area (Å²) >= 11 is 18.3. The third kappa shape index (κ3) is 5.87. The van der Waals surface area contributed by atoms with Gasteiger partial charge in [-0.05, 0) is 48.1 Å². The molecule has 0 saturated carbocycles. The topological polar surface area (TPSA) is 54.0 Å². The molecule has 1 heterocycles. The van der Waals surface area contributed by atoms with Crippen LogP contribution in [0.15, 0.2) is 60.0 Å². The van der Waals surface area contributed by atoms with E-state index >= 15 is 0 Å². The number of amides is 1. The second-order valence-electron chi connectivity index (χ2n) is 5.37. The van der Waals surface area contributed by atoms with E-state index in [0.29, 0.717) is 15.2 Å². The first-order chi connectivity index (χ1) is 13.0. The molecule has 0 unspecified atom stereocenters. The molecule has 0 saturated heterocycles. The molecule has 0 fully saturated rings. The van der Waals surface area contributed by atoms with Gasteiger partial charge in [0.15, 0.2) is 10.2 Å². The van der Waals surface area contributed by atoms with Crippen LogP contribution in [0.4, 0.5) is 5.13 Å². The lowest BCUT2D eigenvalue weighted by Gasteiger charge is -2.04. The van der Waals surface area contributed by atoms with Gasteiger partial charge in [-0.1, -0.05) is 47.5 Å². The molecule has 0 aliphatic heterocycles. The highest BCUT2D eigenvalue weighted by atomic mass is 35.5. The average molecular weight is 434 g/mol. The van der Waals surface area contributed by atoms with Crippen molar-refractivity contribution in [2.75, 3.05) is 5.32 Å². The van der Waals surface area contributed by atoms with Crippen molar-refractivity contribution in [2.24, 2.45) is 0 Å². The first-order valence-corrected chi connectivity index (χ1v) is 9.81. The SMILES string of the molecule is O=C(/C=C/c1ccc(Cl)cc1)NC(=S)Nc1nc(-c2ccc(Cl)cc2)cs1. The van der Waals surface area contributed by atoms with Gasteiger partial charge in [-0.25, -0.2) is 4.98 Å². The third-order valence-corrected chi connectivity index (χ3v) is 4.86. The van der Waals surface area contributed by atoms with Gasteiger partial charge in [0.2, 0.25) is 5.91 Å². The summed E-state index contributed by atoms with van der Waals surface area (Å²) in [6.45, 7) is 0. The van der Waals surface area contributed by atoms with Gasteiger partial charge >= 0.3 is 0 Å². The molecule has 0 spiro atoms. The van der Waals surface area contributed by atoms with Crippen molar-refractivity contribution in [3.63, 3.8) is 0 Å². The van der Waals surface area contributed by atoms with Crippen LogP contribution < -0.4 is 10.6 Å². The summed E-state index contributed by atoms with van der Waals surface area (Å²) in [6.07, 6.45) is 3.08. The number of aromatic nitrogens is 1. The molecule has 27 heavy (non-hydrogen) atoms. The monoisotopic (exact) mass is 433 g/mol. The summed E-state index contributed by atoms with van der Waals surface area (Å²) in [4.78, 5) is 16.4. The van der Waals surface area contributed by atoms with Crippen LogP contribution in [0.5, 0.6) is 0 Å². The van der Waals surface area contributed by atoms with E-state index in [2.05, 4.69) is 15.6 Å². The van der Waals surface area contributed by atoms with Crippen molar-refractivity contribution in [1.29, 1.82) is 0 Å². The molecule has 2 N–H and O–H groups in total. The predicted octanol–water partition coefficient (Wildman–Crippen LogP) is 5.64. The highest BCUT2D eigenvalue weighted by Gasteiger charge is 2.07. The number of carbonyl (C=O) groups is 1. The minimum absolute atomic E-state index is 0.178. The molecule has 0 bridgehead atoms. The van der Waals surface area contributed by atoms with E-state index in [1.807, 2.05) is 29.6 Å². The summed E-state index contributed by atoms with van der Waals surface area (Å²) in [6, 6.07) is 14.5. The largest absolute Gasteiger partial charge is 0.308 e. The number of hydrogen-bond donors (Lipinski definition) is 2. The predicted molar refractivity (Wildman–Crippen MR) is 117 cm³/mol. The van der Waals surface area contributed by atoms with Crippen LogP contribution in [0.25, 0.3) is 17.3 Å². The molecule has 1 aromatic heterocycles. The van der Waals surface area contributed by atoms with Crippen molar-refractivity contribution in [2.45, 2.75) is 0 Å². The Kier molecular flexibility index (Phi) is 6.58. The number of nitrogens with zero attached hydrogens (tertiary/aromatic N) is 1. The number of halogens is 2. The Morgan fingerprint density at radius 2 is 1.67 bits per heavy atom. The van der Waals surface area contributed by atoms with Gasteiger partial charge in [-0.2, -0.15) is 0 Å². The molecule has 1 amide bonds. The highest BCUT2D eigenvalue weighted by Crippen LogP contribution is 2.25. The Morgan fingerprint density at radius 1 is 1.04 bits per heavy atom. The van der Waals surface area contributed by atoms with E-state index in [4.69, 9.17) is 35.4 Å². The Labute approximate surface area is 175 Å². The Balaban J connectivity index is 1.55. The van der Waals surface area contributed by atoms with Gasteiger partial charge < -0.3 is 5.32 Å². The summed E-state index contributed by atoms with van der Waals surface area (Å²) in [5, 5.41) is 9.47. The van der Waals surface area contributed by atoms with Crippen molar-refractivity contribution in [1.82, 2.24) is 10.3 Å². The van der Waals surface area contributed by atoms with E-state index in [1.54, 1.807) is 30.3 Å². The molecular weight excluding hydrogens is 421 g/mol. The van der Waals surface area contributed by atoms with E-state index < -0.39 is 0 Å². The molecule has 8 heteroatoms. The molecule has 2 aromatic carbocycles. The minimum atomic E-state index is -0.336. The van der Waals surface area contributed by atoms with E-state index in [1.165, 1.54) is 17.4 Å². The van der Waals surface area contributed by atoms with E-state index in [9.17, 15) is 4.79 Å². The number of hydrogen-bond acceptors (Lipinski definition) is 4. The normalized spacial score (nSPS) is 10.7. The van der Waals surface area contributed by atoms with Crippen LogP contribution in [-0.2, 0) is 4.79 Å². The fourth-order valence-corrected chi connectivity index (χ4v) is 3.35. The van der Waals surface area contributed by atoms with Crippen molar-refractivity contribution >= 4 is 69.0 Å². The molecule has 0 aliphatic rings. The number of anilines is 1.